The highest BCUT2D eigenvalue weighted by molar-refractivity contribution is 6.32. The number of hydrogen-bond donors (Lipinski definition) is 3. The second kappa shape index (κ2) is 6.99. The molecule has 0 unspecified atom stereocenters. The molecule has 1 aromatic carbocycles. The number of carbonyl (C=O) groups is 2. The zero-order chi connectivity index (χ0) is 15.2. The molecule has 0 atom stereocenters. The van der Waals surface area contributed by atoms with Crippen LogP contribution in [0, 0.1) is 0 Å². The number of para-hydroxylation sites is 1. The van der Waals surface area contributed by atoms with Gasteiger partial charge in [0.1, 0.15) is 5.75 Å². The molecule has 1 aromatic rings. The molecule has 0 fully saturated rings. The maximum atomic E-state index is 11.7. The van der Waals surface area contributed by atoms with Crippen LogP contribution in [0.3, 0.4) is 0 Å². The van der Waals surface area contributed by atoms with Gasteiger partial charge in [0.25, 0.3) is 11.8 Å². The first-order chi connectivity index (χ1) is 10.1. The molecule has 112 valence electrons. The third kappa shape index (κ3) is 3.88. The van der Waals surface area contributed by atoms with Gasteiger partial charge in [-0.1, -0.05) is 23.7 Å². The summed E-state index contributed by atoms with van der Waals surface area (Å²) in [7, 11) is 0. The fourth-order valence-electron chi connectivity index (χ4n) is 1.79. The van der Waals surface area contributed by atoms with E-state index in [1.165, 1.54) is 0 Å². The van der Waals surface area contributed by atoms with Crippen molar-refractivity contribution in [2.24, 2.45) is 0 Å². The van der Waals surface area contributed by atoms with Gasteiger partial charge >= 0.3 is 0 Å². The highest BCUT2D eigenvalue weighted by Crippen LogP contribution is 2.22. The Morgan fingerprint density at radius 3 is 2.86 bits per heavy atom. The molecular formula is C14H15ClN2O4. The summed E-state index contributed by atoms with van der Waals surface area (Å²) in [6.07, 6.45) is 0.576. The normalized spacial score (nSPS) is 14.0. The van der Waals surface area contributed by atoms with Crippen LogP contribution >= 0.6 is 11.6 Å². The van der Waals surface area contributed by atoms with Crippen molar-refractivity contribution in [2.75, 3.05) is 19.7 Å². The fraction of sp³-hybridized carbons (Fsp3) is 0.286. The van der Waals surface area contributed by atoms with Crippen LogP contribution in [0.5, 0.6) is 5.75 Å². The summed E-state index contributed by atoms with van der Waals surface area (Å²) in [4.78, 5) is 22.7. The van der Waals surface area contributed by atoms with Crippen LogP contribution < -0.4 is 15.4 Å². The highest BCUT2D eigenvalue weighted by Gasteiger charge is 2.26. The molecule has 1 heterocycles. The molecule has 0 aromatic heterocycles. The van der Waals surface area contributed by atoms with Crippen molar-refractivity contribution in [1.29, 1.82) is 0 Å². The minimum atomic E-state index is -0.623. The van der Waals surface area contributed by atoms with Crippen LogP contribution in [0.15, 0.2) is 35.6 Å². The SMILES string of the molecule is O=C1NCC(C(=O)NCCCOc2ccccc2Cl)=C1O. The van der Waals surface area contributed by atoms with Crippen LogP contribution in [0.1, 0.15) is 6.42 Å². The molecule has 0 saturated heterocycles. The number of hydrogen-bond acceptors (Lipinski definition) is 4. The summed E-state index contributed by atoms with van der Waals surface area (Å²) < 4.78 is 5.47. The van der Waals surface area contributed by atoms with Crippen LogP contribution in [0.4, 0.5) is 0 Å². The van der Waals surface area contributed by atoms with Gasteiger partial charge in [0, 0.05) is 6.54 Å². The first kappa shape index (κ1) is 15.2. The molecule has 6 nitrogen and oxygen atoms in total. The Hall–Kier alpha value is -2.21. The van der Waals surface area contributed by atoms with E-state index in [1.54, 1.807) is 12.1 Å². The van der Waals surface area contributed by atoms with Crippen molar-refractivity contribution >= 4 is 23.4 Å². The predicted molar refractivity (Wildman–Crippen MR) is 77.2 cm³/mol. The number of benzene rings is 1. The maximum Gasteiger partial charge on any atom is 0.286 e. The second-order valence-electron chi connectivity index (χ2n) is 4.40. The smallest absolute Gasteiger partial charge is 0.286 e. The number of halogens is 1. The number of nitrogens with one attached hydrogen (secondary N) is 2. The fourth-order valence-corrected chi connectivity index (χ4v) is 1.98. The van der Waals surface area contributed by atoms with E-state index >= 15 is 0 Å². The summed E-state index contributed by atoms with van der Waals surface area (Å²) in [6, 6.07) is 7.13. The van der Waals surface area contributed by atoms with E-state index in [0.717, 1.165) is 0 Å². The van der Waals surface area contributed by atoms with Crippen molar-refractivity contribution in [3.05, 3.63) is 40.6 Å². The zero-order valence-electron chi connectivity index (χ0n) is 11.2. The Morgan fingerprint density at radius 1 is 1.43 bits per heavy atom. The van der Waals surface area contributed by atoms with E-state index in [9.17, 15) is 14.7 Å². The van der Waals surface area contributed by atoms with Gasteiger partial charge in [0.2, 0.25) is 0 Å². The van der Waals surface area contributed by atoms with Crippen LogP contribution in [-0.2, 0) is 9.59 Å². The van der Waals surface area contributed by atoms with E-state index in [0.29, 0.717) is 30.3 Å². The predicted octanol–water partition coefficient (Wildman–Crippen LogP) is 1.17. The number of amides is 2. The Balaban J connectivity index is 1.70. The van der Waals surface area contributed by atoms with Gasteiger partial charge in [-0.2, -0.15) is 0 Å². The standard InChI is InChI=1S/C14H15ClN2O4/c15-10-4-1-2-5-11(10)21-7-3-6-16-13(19)9-8-17-14(20)12(9)18/h1-2,4-5,18H,3,6-8H2,(H,16,19)(H,17,20). The second-order valence-corrected chi connectivity index (χ2v) is 4.81. The van der Waals surface area contributed by atoms with Crippen LogP contribution in [0.2, 0.25) is 5.02 Å². The van der Waals surface area contributed by atoms with Gasteiger partial charge in [-0.05, 0) is 18.6 Å². The summed E-state index contributed by atoms with van der Waals surface area (Å²) in [5.41, 5.74) is 0.0621. The molecule has 7 heteroatoms. The zero-order valence-corrected chi connectivity index (χ0v) is 11.9. The quantitative estimate of drug-likeness (QED) is 0.688. The Morgan fingerprint density at radius 2 is 2.19 bits per heavy atom. The lowest BCUT2D eigenvalue weighted by Crippen LogP contribution is -2.29. The Bertz CT molecular complexity index is 586. The average molecular weight is 311 g/mol. The van der Waals surface area contributed by atoms with Crippen molar-refractivity contribution in [1.82, 2.24) is 10.6 Å². The van der Waals surface area contributed by atoms with Crippen molar-refractivity contribution < 1.29 is 19.4 Å². The highest BCUT2D eigenvalue weighted by atomic mass is 35.5. The number of ether oxygens (including phenoxy) is 1. The van der Waals surface area contributed by atoms with Crippen molar-refractivity contribution in [2.45, 2.75) is 6.42 Å². The lowest BCUT2D eigenvalue weighted by molar-refractivity contribution is -0.120. The summed E-state index contributed by atoms with van der Waals surface area (Å²) in [5, 5.41) is 14.9. The first-order valence-corrected chi connectivity index (χ1v) is 6.83. The van der Waals surface area contributed by atoms with E-state index < -0.39 is 17.6 Å². The molecule has 1 aliphatic heterocycles. The van der Waals surface area contributed by atoms with Gasteiger partial charge in [0.15, 0.2) is 5.76 Å². The monoisotopic (exact) mass is 310 g/mol. The number of rotatable bonds is 6. The molecule has 21 heavy (non-hydrogen) atoms. The van der Waals surface area contributed by atoms with Crippen molar-refractivity contribution in [3.63, 3.8) is 0 Å². The Kier molecular flexibility index (Phi) is 5.05. The maximum absolute atomic E-state index is 11.7. The number of aliphatic hydroxyl groups is 1. The number of aliphatic hydroxyl groups excluding tert-OH is 1. The number of carbonyl (C=O) groups excluding carboxylic acids is 2. The van der Waals surface area contributed by atoms with E-state index in [-0.39, 0.29) is 12.1 Å². The first-order valence-electron chi connectivity index (χ1n) is 6.45. The topological polar surface area (TPSA) is 87.7 Å². The average Bonchev–Trinajstić information content (AvgIpc) is 2.80. The van der Waals surface area contributed by atoms with E-state index in [1.807, 2.05) is 12.1 Å². The minimum Gasteiger partial charge on any atom is -0.503 e. The molecule has 1 aliphatic rings. The lowest BCUT2D eigenvalue weighted by Gasteiger charge is -2.08. The molecule has 2 rings (SSSR count). The lowest BCUT2D eigenvalue weighted by atomic mass is 10.2. The minimum absolute atomic E-state index is 0.0482. The summed E-state index contributed by atoms with van der Waals surface area (Å²) >= 11 is 5.94. The third-order valence-electron chi connectivity index (χ3n) is 2.90. The summed E-state index contributed by atoms with van der Waals surface area (Å²) in [5.74, 6) is -0.998. The molecule has 0 radical (unpaired) electrons. The molecule has 0 spiro atoms. The van der Waals surface area contributed by atoms with Gasteiger partial charge in [-0.3, -0.25) is 9.59 Å². The van der Waals surface area contributed by atoms with Crippen LogP contribution in [-0.4, -0.2) is 36.6 Å². The molecule has 3 N–H and O–H groups in total. The van der Waals surface area contributed by atoms with E-state index in [4.69, 9.17) is 16.3 Å². The Labute approximate surface area is 126 Å². The van der Waals surface area contributed by atoms with Gasteiger partial charge in [-0.15, -0.1) is 0 Å². The van der Waals surface area contributed by atoms with Crippen molar-refractivity contribution in [3.8, 4) is 5.75 Å². The molecule has 0 saturated carbocycles. The molecule has 0 aliphatic carbocycles. The van der Waals surface area contributed by atoms with Gasteiger partial charge in [-0.25, -0.2) is 0 Å². The summed E-state index contributed by atoms with van der Waals surface area (Å²) in [6.45, 7) is 0.813. The molecule has 2 amide bonds. The van der Waals surface area contributed by atoms with Gasteiger partial charge in [0.05, 0.1) is 23.7 Å². The molecule has 0 bridgehead atoms. The van der Waals surface area contributed by atoms with Crippen LogP contribution in [0.25, 0.3) is 0 Å². The largest absolute Gasteiger partial charge is 0.503 e. The third-order valence-corrected chi connectivity index (χ3v) is 3.21. The van der Waals surface area contributed by atoms with Gasteiger partial charge < -0.3 is 20.5 Å². The molecular weight excluding hydrogens is 296 g/mol. The van der Waals surface area contributed by atoms with E-state index in [2.05, 4.69) is 10.6 Å².